The lowest BCUT2D eigenvalue weighted by Gasteiger charge is -2.12. The Morgan fingerprint density at radius 3 is 2.79 bits per heavy atom. The van der Waals surface area contributed by atoms with Crippen molar-refractivity contribution in [3.63, 3.8) is 0 Å². The fraction of sp³-hybridized carbons (Fsp3) is 0.444. The van der Waals surface area contributed by atoms with Gasteiger partial charge in [0.15, 0.2) is 0 Å². The largest absolute Gasteiger partial charge is 0.386 e. The van der Waals surface area contributed by atoms with Crippen LogP contribution >= 0.6 is 38.9 Å². The van der Waals surface area contributed by atoms with Crippen molar-refractivity contribution < 1.29 is 5.11 Å². The van der Waals surface area contributed by atoms with E-state index in [1.54, 1.807) is 6.07 Å². The van der Waals surface area contributed by atoms with Crippen molar-refractivity contribution in [3.8, 4) is 6.07 Å². The molecule has 0 aliphatic heterocycles. The van der Waals surface area contributed by atoms with Gasteiger partial charge in [-0.3, -0.25) is 0 Å². The normalized spacial score (nSPS) is 14.8. The summed E-state index contributed by atoms with van der Waals surface area (Å²) in [6.45, 7) is 1.88. The van der Waals surface area contributed by atoms with E-state index in [1.165, 1.54) is 11.3 Å². The van der Waals surface area contributed by atoms with Gasteiger partial charge in [-0.2, -0.15) is 5.26 Å². The molecule has 1 aromatic heterocycles. The smallest absolute Gasteiger partial charge is 0.107 e. The van der Waals surface area contributed by atoms with Crippen molar-refractivity contribution in [2.45, 2.75) is 19.4 Å². The summed E-state index contributed by atoms with van der Waals surface area (Å²) in [7, 11) is 0. The molecule has 0 spiro atoms. The molecule has 0 saturated heterocycles. The van der Waals surface area contributed by atoms with Gasteiger partial charge in [-0.15, -0.1) is 11.3 Å². The maximum absolute atomic E-state index is 9.83. The second-order valence-electron chi connectivity index (χ2n) is 2.86. The summed E-state index contributed by atoms with van der Waals surface area (Å²) in [6, 6.07) is 3.84. The summed E-state index contributed by atoms with van der Waals surface area (Å²) < 4.78 is 1.37. The van der Waals surface area contributed by atoms with Crippen LogP contribution in [0, 0.1) is 17.2 Å². The third kappa shape index (κ3) is 2.48. The maximum atomic E-state index is 9.83. The molecule has 76 valence electrons. The van der Waals surface area contributed by atoms with Crippen molar-refractivity contribution >= 4 is 38.9 Å². The molecular formula is C9H9BrClNOS. The van der Waals surface area contributed by atoms with Gasteiger partial charge in [0.25, 0.3) is 0 Å². The van der Waals surface area contributed by atoms with E-state index in [0.29, 0.717) is 10.8 Å². The Hall–Kier alpha value is -0.0800. The number of hydrogen-bond donors (Lipinski definition) is 1. The van der Waals surface area contributed by atoms with Crippen molar-refractivity contribution in [3.05, 3.63) is 19.8 Å². The molecule has 0 bridgehead atoms. The van der Waals surface area contributed by atoms with E-state index in [-0.39, 0.29) is 5.92 Å². The van der Waals surface area contributed by atoms with E-state index >= 15 is 0 Å². The van der Waals surface area contributed by atoms with Gasteiger partial charge in [0.1, 0.15) is 10.4 Å². The van der Waals surface area contributed by atoms with Gasteiger partial charge < -0.3 is 5.11 Å². The molecule has 1 N–H and O–H groups in total. The van der Waals surface area contributed by atoms with E-state index in [4.69, 9.17) is 16.9 Å². The lowest BCUT2D eigenvalue weighted by Crippen LogP contribution is -2.07. The summed E-state index contributed by atoms with van der Waals surface area (Å²) in [5.41, 5.74) is 0. The fourth-order valence-electron chi connectivity index (χ4n) is 1.09. The van der Waals surface area contributed by atoms with E-state index in [0.717, 1.165) is 9.35 Å². The molecular weight excluding hydrogens is 286 g/mol. The molecule has 1 aromatic rings. The summed E-state index contributed by atoms with van der Waals surface area (Å²) in [5, 5.41) is 18.6. The second-order valence-corrected chi connectivity index (χ2v) is 5.40. The number of nitriles is 1. The highest BCUT2D eigenvalue weighted by atomic mass is 79.9. The number of rotatable bonds is 3. The molecule has 0 radical (unpaired) electrons. The lowest BCUT2D eigenvalue weighted by molar-refractivity contribution is 0.136. The first-order chi connectivity index (χ1) is 6.60. The second kappa shape index (κ2) is 5.13. The molecule has 0 saturated carbocycles. The molecule has 5 heteroatoms. The van der Waals surface area contributed by atoms with Crippen LogP contribution in [0.3, 0.4) is 0 Å². The van der Waals surface area contributed by atoms with Gasteiger partial charge in [0, 0.05) is 9.35 Å². The summed E-state index contributed by atoms with van der Waals surface area (Å²) in [5.74, 6) is -0.364. The Morgan fingerprint density at radius 1 is 1.79 bits per heavy atom. The predicted molar refractivity (Wildman–Crippen MR) is 61.4 cm³/mol. The Bertz CT molecular complexity index is 341. The van der Waals surface area contributed by atoms with Gasteiger partial charge in [0.2, 0.25) is 0 Å². The molecule has 2 unspecified atom stereocenters. The van der Waals surface area contributed by atoms with Crippen LogP contribution in [0.5, 0.6) is 0 Å². The van der Waals surface area contributed by atoms with Gasteiger partial charge in [-0.1, -0.05) is 18.5 Å². The number of nitrogens with zero attached hydrogens (tertiary/aromatic N) is 1. The number of halogens is 2. The van der Waals surface area contributed by atoms with Crippen LogP contribution in [-0.4, -0.2) is 5.11 Å². The minimum Gasteiger partial charge on any atom is -0.386 e. The highest BCUT2D eigenvalue weighted by molar-refractivity contribution is 9.10. The third-order valence-corrected chi connectivity index (χ3v) is 4.49. The first-order valence-corrected chi connectivity index (χ1v) is 6.11. The molecule has 2 nitrogen and oxygen atoms in total. The van der Waals surface area contributed by atoms with Crippen LogP contribution in [0.15, 0.2) is 10.5 Å². The van der Waals surface area contributed by atoms with Crippen molar-refractivity contribution in [2.24, 2.45) is 5.92 Å². The minimum atomic E-state index is -0.737. The molecule has 2 atom stereocenters. The van der Waals surface area contributed by atoms with E-state index in [2.05, 4.69) is 22.0 Å². The van der Waals surface area contributed by atoms with Crippen molar-refractivity contribution in [1.29, 1.82) is 5.26 Å². The highest BCUT2D eigenvalue weighted by Gasteiger charge is 2.21. The zero-order valence-corrected chi connectivity index (χ0v) is 10.7. The minimum absolute atomic E-state index is 0.364. The topological polar surface area (TPSA) is 44.0 Å². The van der Waals surface area contributed by atoms with Crippen LogP contribution in [-0.2, 0) is 0 Å². The molecule has 14 heavy (non-hydrogen) atoms. The Labute approximate surface area is 100 Å². The first-order valence-electron chi connectivity index (χ1n) is 4.12. The quantitative estimate of drug-likeness (QED) is 0.922. The van der Waals surface area contributed by atoms with Crippen LogP contribution in [0.4, 0.5) is 0 Å². The van der Waals surface area contributed by atoms with E-state index < -0.39 is 6.10 Å². The SMILES string of the molecule is CCC(C#N)C(O)c1cc(Br)c(Cl)s1. The predicted octanol–water partition coefficient (Wildman–Crippen LogP) is 3.75. The molecule has 0 fully saturated rings. The van der Waals surface area contributed by atoms with E-state index in [1.807, 2.05) is 6.92 Å². The highest BCUT2D eigenvalue weighted by Crippen LogP contribution is 2.37. The monoisotopic (exact) mass is 293 g/mol. The third-order valence-electron chi connectivity index (χ3n) is 1.94. The van der Waals surface area contributed by atoms with Crippen LogP contribution in [0.1, 0.15) is 24.3 Å². The Balaban J connectivity index is 2.89. The standard InChI is InChI=1S/C9H9BrClNOS/c1-2-5(4-12)8(13)7-3-6(10)9(11)14-7/h3,5,8,13H,2H2,1H3. The summed E-state index contributed by atoms with van der Waals surface area (Å²) in [4.78, 5) is 0.732. The fourth-order valence-corrected chi connectivity index (χ4v) is 2.88. The van der Waals surface area contributed by atoms with Gasteiger partial charge >= 0.3 is 0 Å². The molecule has 1 rings (SSSR count). The first kappa shape index (κ1) is 12.0. The van der Waals surface area contributed by atoms with Crippen molar-refractivity contribution in [2.75, 3.05) is 0 Å². The lowest BCUT2D eigenvalue weighted by atomic mass is 10.0. The van der Waals surface area contributed by atoms with Gasteiger partial charge in [0.05, 0.1) is 12.0 Å². The number of aliphatic hydroxyl groups is 1. The van der Waals surface area contributed by atoms with Crippen molar-refractivity contribution in [1.82, 2.24) is 0 Å². The van der Waals surface area contributed by atoms with E-state index in [9.17, 15) is 5.11 Å². The zero-order valence-electron chi connectivity index (χ0n) is 7.50. The molecule has 1 heterocycles. The van der Waals surface area contributed by atoms with Gasteiger partial charge in [-0.05, 0) is 28.4 Å². The average molecular weight is 295 g/mol. The van der Waals surface area contributed by atoms with Crippen LogP contribution in [0.2, 0.25) is 4.34 Å². The summed E-state index contributed by atoms with van der Waals surface area (Å²) in [6.07, 6.45) is -0.107. The zero-order chi connectivity index (χ0) is 10.7. The molecule has 0 amide bonds. The number of hydrogen-bond acceptors (Lipinski definition) is 3. The molecule has 0 aliphatic carbocycles. The van der Waals surface area contributed by atoms with Crippen LogP contribution in [0.25, 0.3) is 0 Å². The average Bonchev–Trinajstić information content (AvgIpc) is 2.49. The Kier molecular flexibility index (Phi) is 4.39. The number of aliphatic hydroxyl groups excluding tert-OH is 1. The molecule has 0 aliphatic rings. The van der Waals surface area contributed by atoms with Crippen LogP contribution < -0.4 is 0 Å². The number of thiophene rings is 1. The van der Waals surface area contributed by atoms with Gasteiger partial charge in [-0.25, -0.2) is 0 Å². The maximum Gasteiger partial charge on any atom is 0.107 e. The summed E-state index contributed by atoms with van der Waals surface area (Å²) >= 11 is 10.4. The molecule has 0 aromatic carbocycles. The Morgan fingerprint density at radius 2 is 2.43 bits per heavy atom.